The summed E-state index contributed by atoms with van der Waals surface area (Å²) in [5.74, 6) is -0.376. The van der Waals surface area contributed by atoms with Crippen LogP contribution in [-0.4, -0.2) is 19.0 Å². The van der Waals surface area contributed by atoms with Gasteiger partial charge in [0.2, 0.25) is 0 Å². The Bertz CT molecular complexity index is 975. The maximum Gasteiger partial charge on any atom is 0.343 e. The first-order valence-corrected chi connectivity index (χ1v) is 8.36. The normalized spacial score (nSPS) is 10.7. The predicted molar refractivity (Wildman–Crippen MR) is 96.4 cm³/mol. The topological polar surface area (TPSA) is 65.7 Å². The van der Waals surface area contributed by atoms with Crippen LogP contribution >= 0.6 is 27.5 Å². The van der Waals surface area contributed by atoms with Crippen LogP contribution in [0.15, 0.2) is 45.3 Å². The van der Waals surface area contributed by atoms with Gasteiger partial charge in [-0.2, -0.15) is 0 Å². The number of hydrogen-bond donors (Lipinski definition) is 0. The summed E-state index contributed by atoms with van der Waals surface area (Å²) in [5, 5.41) is 1.03. The Labute approximate surface area is 156 Å². The van der Waals surface area contributed by atoms with E-state index in [1.807, 2.05) is 0 Å². The number of carbonyl (C=O) groups excluding carboxylic acids is 2. The van der Waals surface area contributed by atoms with Gasteiger partial charge in [0.25, 0.3) is 0 Å². The fourth-order valence-electron chi connectivity index (χ4n) is 2.40. The first kappa shape index (κ1) is 17.5. The highest BCUT2D eigenvalue weighted by molar-refractivity contribution is 9.10. The molecule has 0 aliphatic rings. The van der Waals surface area contributed by atoms with Crippen LogP contribution in [0.1, 0.15) is 26.5 Å². The number of rotatable bonds is 3. The van der Waals surface area contributed by atoms with E-state index in [2.05, 4.69) is 15.9 Å². The van der Waals surface area contributed by atoms with Gasteiger partial charge >= 0.3 is 11.9 Å². The highest BCUT2D eigenvalue weighted by atomic mass is 79.9. The number of aryl methyl sites for hydroxylation is 1. The molecule has 2 aromatic carbocycles. The minimum absolute atomic E-state index is 0.262. The number of esters is 2. The van der Waals surface area contributed by atoms with Gasteiger partial charge in [0.15, 0.2) is 0 Å². The van der Waals surface area contributed by atoms with Gasteiger partial charge in [0.1, 0.15) is 22.7 Å². The molecule has 0 atom stereocenters. The molecule has 0 spiro atoms. The second-order valence-electron chi connectivity index (χ2n) is 5.20. The van der Waals surface area contributed by atoms with E-state index >= 15 is 0 Å². The Kier molecular flexibility index (Phi) is 4.83. The Morgan fingerprint density at radius 1 is 1.12 bits per heavy atom. The molecule has 0 bridgehead atoms. The van der Waals surface area contributed by atoms with Crippen molar-refractivity contribution in [3.8, 4) is 5.75 Å². The smallest absolute Gasteiger partial charge is 0.343 e. The summed E-state index contributed by atoms with van der Waals surface area (Å²) >= 11 is 9.16. The zero-order valence-corrected chi connectivity index (χ0v) is 15.6. The van der Waals surface area contributed by atoms with Crippen molar-refractivity contribution in [2.24, 2.45) is 0 Å². The van der Waals surface area contributed by atoms with Gasteiger partial charge in [-0.3, -0.25) is 0 Å². The van der Waals surface area contributed by atoms with Gasteiger partial charge in [-0.05, 0) is 59.3 Å². The molecule has 7 heteroatoms. The van der Waals surface area contributed by atoms with Crippen LogP contribution in [-0.2, 0) is 4.74 Å². The molecule has 128 valence electrons. The Morgan fingerprint density at radius 3 is 2.44 bits per heavy atom. The van der Waals surface area contributed by atoms with E-state index < -0.39 is 11.9 Å². The molecule has 5 nitrogen and oxygen atoms in total. The molecule has 0 radical (unpaired) electrons. The third-order valence-electron chi connectivity index (χ3n) is 3.59. The van der Waals surface area contributed by atoms with Gasteiger partial charge in [-0.25, -0.2) is 9.59 Å². The average molecular weight is 424 g/mol. The molecule has 25 heavy (non-hydrogen) atoms. The van der Waals surface area contributed by atoms with E-state index in [0.717, 1.165) is 0 Å². The number of hydrogen-bond acceptors (Lipinski definition) is 5. The summed E-state index contributed by atoms with van der Waals surface area (Å²) in [5.41, 5.74) is 1.14. The lowest BCUT2D eigenvalue weighted by molar-refractivity contribution is 0.0600. The summed E-state index contributed by atoms with van der Waals surface area (Å²) in [4.78, 5) is 24.3. The standard InChI is InChI=1S/C18H12BrClO5/c1-9-16(18(22)23-2)12-7-15(13(19)8-14(12)24-9)25-17(21)10-3-5-11(20)6-4-10/h3-8H,1-2H3. The lowest BCUT2D eigenvalue weighted by Crippen LogP contribution is -2.08. The van der Waals surface area contributed by atoms with Crippen LogP contribution in [0.2, 0.25) is 5.02 Å². The molecule has 0 aliphatic carbocycles. The Morgan fingerprint density at radius 2 is 1.80 bits per heavy atom. The van der Waals surface area contributed by atoms with Crippen molar-refractivity contribution < 1.29 is 23.5 Å². The first-order valence-electron chi connectivity index (χ1n) is 7.19. The van der Waals surface area contributed by atoms with E-state index in [1.54, 1.807) is 43.3 Å². The predicted octanol–water partition coefficient (Wildman–Crippen LogP) is 5.16. The van der Waals surface area contributed by atoms with Crippen molar-refractivity contribution in [2.75, 3.05) is 7.11 Å². The second-order valence-corrected chi connectivity index (χ2v) is 6.49. The van der Waals surface area contributed by atoms with Crippen LogP contribution in [0, 0.1) is 6.92 Å². The van der Waals surface area contributed by atoms with Crippen molar-refractivity contribution >= 4 is 50.4 Å². The van der Waals surface area contributed by atoms with E-state index in [1.165, 1.54) is 7.11 Å². The first-order chi connectivity index (χ1) is 11.9. The summed E-state index contributed by atoms with van der Waals surface area (Å²) in [7, 11) is 1.29. The number of halogens is 2. The number of benzene rings is 2. The number of methoxy groups -OCH3 is 1. The highest BCUT2D eigenvalue weighted by Crippen LogP contribution is 2.35. The Hall–Kier alpha value is -2.31. The van der Waals surface area contributed by atoms with Crippen LogP contribution in [0.5, 0.6) is 5.75 Å². The maximum absolute atomic E-state index is 12.3. The summed E-state index contributed by atoms with van der Waals surface area (Å²) < 4.78 is 16.3. The summed E-state index contributed by atoms with van der Waals surface area (Å²) in [6.07, 6.45) is 0. The van der Waals surface area contributed by atoms with E-state index in [4.69, 9.17) is 25.5 Å². The molecule has 0 unspecified atom stereocenters. The molecule has 1 aromatic heterocycles. The maximum atomic E-state index is 12.3. The minimum atomic E-state index is -0.545. The SMILES string of the molecule is COC(=O)c1c(C)oc2cc(Br)c(OC(=O)c3ccc(Cl)cc3)cc12. The number of furan rings is 1. The zero-order valence-electron chi connectivity index (χ0n) is 13.3. The Balaban J connectivity index is 2.01. The molecule has 3 rings (SSSR count). The van der Waals surface area contributed by atoms with Crippen LogP contribution < -0.4 is 4.74 Å². The summed E-state index contributed by atoms with van der Waals surface area (Å²) in [6, 6.07) is 9.55. The molecule has 0 N–H and O–H groups in total. The molecule has 0 amide bonds. The third-order valence-corrected chi connectivity index (χ3v) is 4.46. The van der Waals surface area contributed by atoms with Crippen LogP contribution in [0.3, 0.4) is 0 Å². The number of carbonyl (C=O) groups is 2. The van der Waals surface area contributed by atoms with Crippen molar-refractivity contribution in [2.45, 2.75) is 6.92 Å². The fourth-order valence-corrected chi connectivity index (χ4v) is 2.93. The molecular weight excluding hydrogens is 412 g/mol. The van der Waals surface area contributed by atoms with Crippen molar-refractivity contribution in [1.29, 1.82) is 0 Å². The van der Waals surface area contributed by atoms with Gasteiger partial charge in [0, 0.05) is 10.4 Å². The molecule has 1 heterocycles. The van der Waals surface area contributed by atoms with Crippen molar-refractivity contribution in [1.82, 2.24) is 0 Å². The minimum Gasteiger partial charge on any atom is -0.465 e. The number of ether oxygens (including phenoxy) is 2. The van der Waals surface area contributed by atoms with Crippen LogP contribution in [0.4, 0.5) is 0 Å². The fraction of sp³-hybridized carbons (Fsp3) is 0.111. The second kappa shape index (κ2) is 6.90. The third kappa shape index (κ3) is 3.41. The van der Waals surface area contributed by atoms with Gasteiger partial charge in [0.05, 0.1) is 17.1 Å². The van der Waals surface area contributed by atoms with E-state index in [9.17, 15) is 9.59 Å². The van der Waals surface area contributed by atoms with Crippen molar-refractivity contribution in [3.63, 3.8) is 0 Å². The van der Waals surface area contributed by atoms with Gasteiger partial charge < -0.3 is 13.9 Å². The molecular formula is C18H12BrClO5. The average Bonchev–Trinajstić information content (AvgIpc) is 2.89. The van der Waals surface area contributed by atoms with Gasteiger partial charge in [-0.15, -0.1) is 0 Å². The largest absolute Gasteiger partial charge is 0.465 e. The summed E-state index contributed by atoms with van der Waals surface area (Å²) in [6.45, 7) is 1.67. The lowest BCUT2D eigenvalue weighted by Gasteiger charge is -2.07. The number of fused-ring (bicyclic) bond motifs is 1. The van der Waals surface area contributed by atoms with Crippen molar-refractivity contribution in [3.05, 3.63) is 62.8 Å². The van der Waals surface area contributed by atoms with Crippen LogP contribution in [0.25, 0.3) is 11.0 Å². The van der Waals surface area contributed by atoms with Gasteiger partial charge in [-0.1, -0.05) is 11.6 Å². The molecule has 0 saturated heterocycles. The monoisotopic (exact) mass is 422 g/mol. The molecule has 0 fully saturated rings. The highest BCUT2D eigenvalue weighted by Gasteiger charge is 2.21. The van der Waals surface area contributed by atoms with E-state index in [-0.39, 0.29) is 5.75 Å². The quantitative estimate of drug-likeness (QED) is 0.430. The molecule has 0 saturated carbocycles. The zero-order chi connectivity index (χ0) is 18.1. The van der Waals surface area contributed by atoms with E-state index in [0.29, 0.717) is 37.4 Å². The molecule has 3 aromatic rings. The lowest BCUT2D eigenvalue weighted by atomic mass is 10.1. The molecule has 0 aliphatic heterocycles.